The molecule has 10 atom stereocenters. The summed E-state index contributed by atoms with van der Waals surface area (Å²) < 4.78 is 1.26. The minimum Gasteiger partial charge on any atom is -0.393 e. The van der Waals surface area contributed by atoms with Crippen molar-refractivity contribution in [2.45, 2.75) is 97.2 Å². The lowest BCUT2D eigenvalue weighted by atomic mass is 9.43. The van der Waals surface area contributed by atoms with E-state index in [2.05, 4.69) is 43.4 Å². The predicted octanol–water partition coefficient (Wildman–Crippen LogP) is 5.83. The van der Waals surface area contributed by atoms with Crippen molar-refractivity contribution in [3.05, 3.63) is 0 Å². The summed E-state index contributed by atoms with van der Waals surface area (Å²) >= 11 is 2.51. The first-order valence-electron chi connectivity index (χ1n) is 11.7. The van der Waals surface area contributed by atoms with Crippen LogP contribution in [0.1, 0.15) is 85.0 Å². The fourth-order valence-corrected chi connectivity index (χ4v) is 9.20. The summed E-state index contributed by atoms with van der Waals surface area (Å²) in [6.45, 7) is 7.45. The molecule has 0 aromatic heterocycles. The van der Waals surface area contributed by atoms with E-state index in [9.17, 15) is 10.2 Å². The first-order chi connectivity index (χ1) is 12.8. The van der Waals surface area contributed by atoms with Crippen LogP contribution in [0.5, 0.6) is 0 Å². The van der Waals surface area contributed by atoms with Gasteiger partial charge in [0.15, 0.2) is 0 Å². The van der Waals surface area contributed by atoms with E-state index in [1.165, 1.54) is 49.4 Å². The van der Waals surface area contributed by atoms with Crippen molar-refractivity contribution in [3.8, 4) is 0 Å². The van der Waals surface area contributed by atoms with Gasteiger partial charge in [-0.3, -0.25) is 0 Å². The van der Waals surface area contributed by atoms with E-state index in [1.807, 2.05) is 0 Å². The average molecular weight is 488 g/mol. The monoisotopic (exact) mass is 488 g/mol. The van der Waals surface area contributed by atoms with Crippen molar-refractivity contribution in [1.29, 1.82) is 0 Å². The van der Waals surface area contributed by atoms with E-state index in [1.54, 1.807) is 0 Å². The van der Waals surface area contributed by atoms with Crippen LogP contribution in [0, 0.1) is 46.3 Å². The zero-order valence-corrected chi connectivity index (χ0v) is 19.8. The summed E-state index contributed by atoms with van der Waals surface area (Å²) in [7, 11) is 0. The van der Waals surface area contributed by atoms with Crippen molar-refractivity contribution in [2.75, 3.05) is 4.43 Å². The molecule has 4 aliphatic carbocycles. The topological polar surface area (TPSA) is 40.5 Å². The van der Waals surface area contributed by atoms with Crippen LogP contribution in [0.25, 0.3) is 0 Å². The SMILES string of the molecule is C[C@H](CCCI)[C@H]1CC[C@H]2[C@@H]3CC[C@@H]4C[C@H](O)CC[C@]4(C)[C@H]3C[C@H](O)[C@]12C. The maximum absolute atomic E-state index is 11.5. The molecule has 2 nitrogen and oxygen atoms in total. The number of fused-ring (bicyclic) bond motifs is 5. The third-order valence-corrected chi connectivity index (χ3v) is 11.1. The fraction of sp³-hybridized carbons (Fsp3) is 1.00. The van der Waals surface area contributed by atoms with E-state index >= 15 is 0 Å². The highest BCUT2D eigenvalue weighted by atomic mass is 127. The molecule has 27 heavy (non-hydrogen) atoms. The predicted molar refractivity (Wildman–Crippen MR) is 120 cm³/mol. The van der Waals surface area contributed by atoms with Gasteiger partial charge in [-0.25, -0.2) is 0 Å². The molecule has 0 amide bonds. The van der Waals surface area contributed by atoms with E-state index in [0.717, 1.165) is 37.0 Å². The van der Waals surface area contributed by atoms with Gasteiger partial charge in [-0.15, -0.1) is 0 Å². The van der Waals surface area contributed by atoms with Gasteiger partial charge < -0.3 is 10.2 Å². The number of hydrogen-bond acceptors (Lipinski definition) is 2. The first kappa shape index (κ1) is 20.9. The molecule has 0 unspecified atom stereocenters. The molecule has 0 bridgehead atoms. The number of halogens is 1. The maximum atomic E-state index is 11.5. The van der Waals surface area contributed by atoms with Crippen LogP contribution in [0.15, 0.2) is 0 Å². The normalized spacial score (nSPS) is 53.3. The second-order valence-electron chi connectivity index (χ2n) is 11.2. The number of aliphatic hydroxyl groups is 2. The second-order valence-corrected chi connectivity index (χ2v) is 12.3. The quantitative estimate of drug-likeness (QED) is 0.386. The van der Waals surface area contributed by atoms with Crippen LogP contribution in [-0.2, 0) is 0 Å². The summed E-state index contributed by atoms with van der Waals surface area (Å²) in [6.07, 6.45) is 12.0. The van der Waals surface area contributed by atoms with Gasteiger partial charge in [0.25, 0.3) is 0 Å². The molecule has 156 valence electrons. The van der Waals surface area contributed by atoms with Gasteiger partial charge in [-0.1, -0.05) is 43.4 Å². The van der Waals surface area contributed by atoms with Crippen LogP contribution < -0.4 is 0 Å². The lowest BCUT2D eigenvalue weighted by Gasteiger charge is -2.62. The first-order valence-corrected chi connectivity index (χ1v) is 13.3. The van der Waals surface area contributed by atoms with Crippen LogP contribution >= 0.6 is 22.6 Å². The average Bonchev–Trinajstić information content (AvgIpc) is 3.00. The summed E-state index contributed by atoms with van der Waals surface area (Å²) in [6, 6.07) is 0. The molecule has 4 aliphatic rings. The Hall–Kier alpha value is 0.650. The summed E-state index contributed by atoms with van der Waals surface area (Å²) in [4.78, 5) is 0. The number of rotatable bonds is 4. The number of aliphatic hydroxyl groups excluding tert-OH is 2. The van der Waals surface area contributed by atoms with E-state index in [0.29, 0.717) is 23.2 Å². The Labute approximate surface area is 180 Å². The highest BCUT2D eigenvalue weighted by Gasteiger charge is 2.63. The molecule has 4 rings (SSSR count). The zero-order valence-electron chi connectivity index (χ0n) is 17.7. The largest absolute Gasteiger partial charge is 0.393 e. The van der Waals surface area contributed by atoms with Crippen molar-refractivity contribution in [3.63, 3.8) is 0 Å². The molecule has 4 fully saturated rings. The fourth-order valence-electron chi connectivity index (χ4n) is 8.76. The third-order valence-electron chi connectivity index (χ3n) is 10.3. The van der Waals surface area contributed by atoms with E-state index in [-0.39, 0.29) is 17.6 Å². The Kier molecular flexibility index (Phi) is 5.98. The molecule has 0 aromatic rings. The Morgan fingerprint density at radius 1 is 1.00 bits per heavy atom. The zero-order chi connectivity index (χ0) is 19.4. The van der Waals surface area contributed by atoms with Crippen molar-refractivity contribution >= 4 is 22.6 Å². The Morgan fingerprint density at radius 2 is 1.78 bits per heavy atom. The van der Waals surface area contributed by atoms with Gasteiger partial charge in [0, 0.05) is 0 Å². The van der Waals surface area contributed by atoms with Gasteiger partial charge >= 0.3 is 0 Å². The molecule has 4 saturated carbocycles. The standard InChI is InChI=1S/C24H41IO2/c1-15(5-4-12-25)19-8-9-20-18-7-6-16-13-17(26)10-11-23(16,2)21(18)14-22(27)24(19,20)3/h15-22,26-27H,4-14H2,1-3H3/t15-,16-,17-,18+,19-,20+,21+,22+,23+,24-/m1/s1. The summed E-state index contributed by atoms with van der Waals surface area (Å²) in [5, 5.41) is 21.7. The molecule has 0 spiro atoms. The number of hydrogen-bond donors (Lipinski definition) is 2. The summed E-state index contributed by atoms with van der Waals surface area (Å²) in [5.74, 6) is 4.36. The van der Waals surface area contributed by atoms with Gasteiger partial charge in [0.1, 0.15) is 0 Å². The van der Waals surface area contributed by atoms with E-state index in [4.69, 9.17) is 0 Å². The maximum Gasteiger partial charge on any atom is 0.0602 e. The van der Waals surface area contributed by atoms with Gasteiger partial charge in [0.2, 0.25) is 0 Å². The highest BCUT2D eigenvalue weighted by molar-refractivity contribution is 14.1. The van der Waals surface area contributed by atoms with E-state index < -0.39 is 0 Å². The molecule has 0 saturated heterocycles. The molecule has 0 heterocycles. The van der Waals surface area contributed by atoms with Crippen LogP contribution in [0.4, 0.5) is 0 Å². The van der Waals surface area contributed by atoms with Crippen molar-refractivity contribution in [2.24, 2.45) is 46.3 Å². The van der Waals surface area contributed by atoms with Crippen molar-refractivity contribution in [1.82, 2.24) is 0 Å². The van der Waals surface area contributed by atoms with Gasteiger partial charge in [0.05, 0.1) is 12.2 Å². The lowest BCUT2D eigenvalue weighted by Crippen LogP contribution is -2.58. The Bertz CT molecular complexity index is 538. The molecular weight excluding hydrogens is 447 g/mol. The second kappa shape index (κ2) is 7.72. The minimum atomic E-state index is -0.124. The van der Waals surface area contributed by atoms with Gasteiger partial charge in [-0.05, 0) is 115 Å². The molecule has 0 aliphatic heterocycles. The lowest BCUT2D eigenvalue weighted by molar-refractivity contribution is -0.174. The smallest absolute Gasteiger partial charge is 0.0602 e. The number of alkyl halides is 1. The molecular formula is C24H41IO2. The van der Waals surface area contributed by atoms with Crippen LogP contribution in [0.2, 0.25) is 0 Å². The minimum absolute atomic E-state index is 0.0759. The molecule has 0 radical (unpaired) electrons. The Morgan fingerprint density at radius 3 is 2.52 bits per heavy atom. The highest BCUT2D eigenvalue weighted by Crippen LogP contribution is 2.68. The molecule has 2 N–H and O–H groups in total. The van der Waals surface area contributed by atoms with Gasteiger partial charge in [-0.2, -0.15) is 0 Å². The van der Waals surface area contributed by atoms with Crippen LogP contribution in [-0.4, -0.2) is 26.8 Å². The Balaban J connectivity index is 1.58. The molecule has 3 heteroatoms. The van der Waals surface area contributed by atoms with Crippen molar-refractivity contribution < 1.29 is 10.2 Å². The third kappa shape index (κ3) is 3.24. The summed E-state index contributed by atoms with van der Waals surface area (Å²) in [5.41, 5.74) is 0.499. The molecule has 0 aromatic carbocycles. The van der Waals surface area contributed by atoms with Crippen LogP contribution in [0.3, 0.4) is 0 Å².